The number of rotatable bonds is 6. The lowest BCUT2D eigenvalue weighted by Gasteiger charge is -2.34. The molecule has 4 heterocycles. The number of aromatic amines is 1. The molecule has 2 amide bonds. The first-order valence-corrected chi connectivity index (χ1v) is 13.4. The zero-order valence-electron chi connectivity index (χ0n) is 20.8. The van der Waals surface area contributed by atoms with Gasteiger partial charge in [0.25, 0.3) is 5.91 Å². The maximum absolute atomic E-state index is 13.1. The van der Waals surface area contributed by atoms with Crippen molar-refractivity contribution in [2.24, 2.45) is 0 Å². The highest BCUT2D eigenvalue weighted by Gasteiger charge is 2.27. The van der Waals surface area contributed by atoms with Crippen LogP contribution in [0.4, 0.5) is 0 Å². The number of fused-ring (bicyclic) bond motifs is 1. The summed E-state index contributed by atoms with van der Waals surface area (Å²) in [4.78, 5) is 32.5. The fourth-order valence-corrected chi connectivity index (χ4v) is 5.58. The second-order valence-electron chi connectivity index (χ2n) is 9.17. The topological polar surface area (TPSA) is 100 Å². The van der Waals surface area contributed by atoms with Gasteiger partial charge in [0, 0.05) is 54.5 Å². The minimum absolute atomic E-state index is 0.00698. The number of H-pyrrole nitrogens is 1. The number of carbonyl (C=O) groups is 2. The number of nitrogens with zero attached hydrogens (tertiary/aromatic N) is 5. The predicted molar refractivity (Wildman–Crippen MR) is 145 cm³/mol. The lowest BCUT2D eigenvalue weighted by Crippen LogP contribution is -2.51. The fourth-order valence-electron chi connectivity index (χ4n) is 4.73. The summed E-state index contributed by atoms with van der Waals surface area (Å²) in [7, 11) is 0. The molecule has 1 fully saturated rings. The summed E-state index contributed by atoms with van der Waals surface area (Å²) in [6.07, 6.45) is 3.44. The third kappa shape index (κ3) is 4.58. The van der Waals surface area contributed by atoms with Crippen LogP contribution in [0.25, 0.3) is 28.0 Å². The standard InChI is InChI=1S/C28H26N6O3S/c1-19-6-4-7-20(16-19)34-26(22-17-29-23-9-3-2-8-21(22)23)30-31-28(34)38-18-25(35)32-11-13-33(14-12-32)27(36)24-10-5-15-37-24/h2-10,15-17,29H,11-14,18H2,1H3. The molecule has 6 rings (SSSR count). The van der Waals surface area contributed by atoms with E-state index < -0.39 is 0 Å². The summed E-state index contributed by atoms with van der Waals surface area (Å²) in [6.45, 7) is 3.96. The molecule has 2 aromatic carbocycles. The molecule has 1 aliphatic rings. The monoisotopic (exact) mass is 526 g/mol. The summed E-state index contributed by atoms with van der Waals surface area (Å²) >= 11 is 1.37. The molecule has 3 aromatic heterocycles. The quantitative estimate of drug-likeness (QED) is 0.329. The number of carbonyl (C=O) groups excluding carboxylic acids is 2. The molecule has 0 atom stereocenters. The van der Waals surface area contributed by atoms with Crippen molar-refractivity contribution >= 4 is 34.5 Å². The molecule has 1 N–H and O–H groups in total. The molecule has 0 unspecified atom stereocenters. The van der Waals surface area contributed by atoms with Crippen LogP contribution >= 0.6 is 11.8 Å². The second-order valence-corrected chi connectivity index (χ2v) is 10.1. The SMILES string of the molecule is Cc1cccc(-n2c(SCC(=O)N3CCN(C(=O)c4ccco4)CC3)nnc2-c2c[nH]c3ccccc23)c1. The van der Waals surface area contributed by atoms with Gasteiger partial charge in [0.05, 0.1) is 12.0 Å². The van der Waals surface area contributed by atoms with Crippen LogP contribution in [-0.2, 0) is 4.79 Å². The van der Waals surface area contributed by atoms with Crippen LogP contribution in [0.3, 0.4) is 0 Å². The first-order chi connectivity index (χ1) is 18.6. The highest BCUT2D eigenvalue weighted by Crippen LogP contribution is 2.32. The molecule has 192 valence electrons. The largest absolute Gasteiger partial charge is 0.459 e. The van der Waals surface area contributed by atoms with Crippen LogP contribution in [0.5, 0.6) is 0 Å². The Hall–Kier alpha value is -4.31. The molecular formula is C28H26N6O3S. The molecule has 0 bridgehead atoms. The highest BCUT2D eigenvalue weighted by molar-refractivity contribution is 7.99. The van der Waals surface area contributed by atoms with E-state index in [0.717, 1.165) is 27.7 Å². The Bertz CT molecular complexity index is 1600. The van der Waals surface area contributed by atoms with E-state index in [-0.39, 0.29) is 17.6 Å². The summed E-state index contributed by atoms with van der Waals surface area (Å²) in [5, 5.41) is 10.8. The van der Waals surface area contributed by atoms with Gasteiger partial charge >= 0.3 is 0 Å². The lowest BCUT2D eigenvalue weighted by molar-refractivity contribution is -0.129. The third-order valence-electron chi connectivity index (χ3n) is 6.70. The Labute approximate surface area is 223 Å². The minimum atomic E-state index is -0.146. The molecular weight excluding hydrogens is 500 g/mol. The fraction of sp³-hybridized carbons (Fsp3) is 0.214. The van der Waals surface area contributed by atoms with Crippen LogP contribution in [0.15, 0.2) is 82.7 Å². The van der Waals surface area contributed by atoms with Gasteiger partial charge in [0.15, 0.2) is 16.7 Å². The number of nitrogens with one attached hydrogen (secondary N) is 1. The highest BCUT2D eigenvalue weighted by atomic mass is 32.2. The number of para-hydroxylation sites is 1. The van der Waals surface area contributed by atoms with E-state index in [1.54, 1.807) is 21.9 Å². The van der Waals surface area contributed by atoms with Gasteiger partial charge in [-0.3, -0.25) is 14.2 Å². The first kappa shape index (κ1) is 24.1. The third-order valence-corrected chi connectivity index (χ3v) is 7.61. The van der Waals surface area contributed by atoms with E-state index in [2.05, 4.69) is 27.3 Å². The van der Waals surface area contributed by atoms with Gasteiger partial charge in [0.1, 0.15) is 0 Å². The number of piperazine rings is 1. The van der Waals surface area contributed by atoms with Crippen molar-refractivity contribution in [3.63, 3.8) is 0 Å². The van der Waals surface area contributed by atoms with E-state index in [1.807, 2.05) is 54.1 Å². The van der Waals surface area contributed by atoms with Gasteiger partial charge in [0.2, 0.25) is 5.91 Å². The van der Waals surface area contributed by atoms with Crippen molar-refractivity contribution in [2.45, 2.75) is 12.1 Å². The Kier molecular flexibility index (Phi) is 6.47. The van der Waals surface area contributed by atoms with Crippen LogP contribution in [0.1, 0.15) is 16.1 Å². The van der Waals surface area contributed by atoms with Crippen LogP contribution < -0.4 is 0 Å². The molecule has 0 aliphatic carbocycles. The number of amides is 2. The summed E-state index contributed by atoms with van der Waals surface area (Å²) in [6, 6.07) is 19.6. The summed E-state index contributed by atoms with van der Waals surface area (Å²) in [5.74, 6) is 1.12. The van der Waals surface area contributed by atoms with Crippen LogP contribution in [0, 0.1) is 6.92 Å². The maximum Gasteiger partial charge on any atom is 0.289 e. The Balaban J connectivity index is 1.20. The van der Waals surface area contributed by atoms with E-state index in [1.165, 1.54) is 18.0 Å². The smallest absolute Gasteiger partial charge is 0.289 e. The van der Waals surface area contributed by atoms with Gasteiger partial charge in [-0.05, 0) is 42.8 Å². The number of hydrogen-bond donors (Lipinski definition) is 1. The minimum Gasteiger partial charge on any atom is -0.459 e. The van der Waals surface area contributed by atoms with E-state index >= 15 is 0 Å². The van der Waals surface area contributed by atoms with Crippen molar-refractivity contribution in [1.29, 1.82) is 0 Å². The molecule has 1 aliphatic heterocycles. The molecule has 9 nitrogen and oxygen atoms in total. The number of aromatic nitrogens is 4. The van der Waals surface area contributed by atoms with Gasteiger partial charge in [-0.25, -0.2) is 0 Å². The Morgan fingerprint density at radius 3 is 2.58 bits per heavy atom. The second kappa shape index (κ2) is 10.2. The molecule has 0 saturated carbocycles. The van der Waals surface area contributed by atoms with Crippen molar-refractivity contribution in [1.82, 2.24) is 29.5 Å². The van der Waals surface area contributed by atoms with Crippen molar-refractivity contribution in [2.75, 3.05) is 31.9 Å². The van der Waals surface area contributed by atoms with E-state index in [4.69, 9.17) is 4.42 Å². The first-order valence-electron chi connectivity index (χ1n) is 12.4. The van der Waals surface area contributed by atoms with Crippen molar-refractivity contribution < 1.29 is 14.0 Å². The molecule has 38 heavy (non-hydrogen) atoms. The lowest BCUT2D eigenvalue weighted by atomic mass is 10.1. The van der Waals surface area contributed by atoms with Crippen LogP contribution in [-0.4, -0.2) is 73.3 Å². The van der Waals surface area contributed by atoms with Crippen molar-refractivity contribution in [3.8, 4) is 17.1 Å². The number of benzene rings is 2. The number of furan rings is 1. The van der Waals surface area contributed by atoms with Gasteiger partial charge in [-0.15, -0.1) is 10.2 Å². The number of hydrogen-bond acceptors (Lipinski definition) is 6. The van der Waals surface area contributed by atoms with Crippen LogP contribution in [0.2, 0.25) is 0 Å². The summed E-state index contributed by atoms with van der Waals surface area (Å²) < 4.78 is 7.24. The van der Waals surface area contributed by atoms with Gasteiger partial charge in [-0.2, -0.15) is 0 Å². The van der Waals surface area contributed by atoms with E-state index in [0.29, 0.717) is 42.9 Å². The Morgan fingerprint density at radius 1 is 0.974 bits per heavy atom. The van der Waals surface area contributed by atoms with E-state index in [9.17, 15) is 9.59 Å². The predicted octanol–water partition coefficient (Wildman–Crippen LogP) is 4.39. The zero-order valence-corrected chi connectivity index (χ0v) is 21.6. The average molecular weight is 527 g/mol. The van der Waals surface area contributed by atoms with Gasteiger partial charge in [-0.1, -0.05) is 42.1 Å². The molecule has 10 heteroatoms. The van der Waals surface area contributed by atoms with Gasteiger partial charge < -0.3 is 19.2 Å². The average Bonchev–Trinajstić information content (AvgIpc) is 3.71. The summed E-state index contributed by atoms with van der Waals surface area (Å²) in [5.41, 5.74) is 4.03. The molecule has 0 radical (unpaired) electrons. The van der Waals surface area contributed by atoms with Crippen molar-refractivity contribution in [3.05, 3.63) is 84.4 Å². The number of thioether (sulfide) groups is 1. The normalized spacial score (nSPS) is 13.8. The Morgan fingerprint density at radius 2 is 1.79 bits per heavy atom. The number of aryl methyl sites for hydroxylation is 1. The zero-order chi connectivity index (χ0) is 26.1. The molecule has 1 saturated heterocycles. The molecule has 0 spiro atoms. The molecule has 5 aromatic rings. The maximum atomic E-state index is 13.1.